The Morgan fingerprint density at radius 3 is 2.47 bits per heavy atom. The molecule has 1 aliphatic rings. The monoisotopic (exact) mass is 507 g/mol. The maximum absolute atomic E-state index is 13.0. The molecular formula is C26H37NO5S2. The lowest BCUT2D eigenvalue weighted by molar-refractivity contribution is -0.145. The molecular weight excluding hydrogens is 470 g/mol. The van der Waals surface area contributed by atoms with E-state index in [4.69, 9.17) is 21.7 Å². The highest BCUT2D eigenvalue weighted by molar-refractivity contribution is 8.26. The average molecular weight is 508 g/mol. The van der Waals surface area contributed by atoms with Gasteiger partial charge in [0.05, 0.1) is 18.1 Å². The van der Waals surface area contributed by atoms with Crippen LogP contribution in [0.5, 0.6) is 11.5 Å². The first-order chi connectivity index (χ1) is 16.3. The second-order valence-electron chi connectivity index (χ2n) is 8.59. The number of carbonyl (C=O) groups excluding carboxylic acids is 1. The summed E-state index contributed by atoms with van der Waals surface area (Å²) < 4.78 is 11.9. The SMILES string of the molecule is CCCCCCC[C@H](C)Oc1ccc(/C=C2/SC(=S)N([C@H](CCCC)C(=O)O)C2=O)cc1OC. The number of thioether (sulfide) groups is 1. The topological polar surface area (TPSA) is 76.1 Å². The zero-order valence-electron chi connectivity index (χ0n) is 20.7. The van der Waals surface area contributed by atoms with Gasteiger partial charge in [-0.25, -0.2) is 4.79 Å². The molecule has 1 aromatic rings. The van der Waals surface area contributed by atoms with Crippen LogP contribution in [-0.2, 0) is 9.59 Å². The molecule has 1 N–H and O–H groups in total. The maximum Gasteiger partial charge on any atom is 0.326 e. The van der Waals surface area contributed by atoms with Crippen molar-refractivity contribution >= 4 is 46.3 Å². The van der Waals surface area contributed by atoms with E-state index in [0.717, 1.165) is 36.6 Å². The Labute approximate surface area is 213 Å². The van der Waals surface area contributed by atoms with Crippen LogP contribution in [0.2, 0.25) is 0 Å². The maximum atomic E-state index is 13.0. The highest BCUT2D eigenvalue weighted by Gasteiger charge is 2.40. The lowest BCUT2D eigenvalue weighted by atomic mass is 10.1. The van der Waals surface area contributed by atoms with E-state index >= 15 is 0 Å². The van der Waals surface area contributed by atoms with E-state index in [1.165, 1.54) is 30.6 Å². The summed E-state index contributed by atoms with van der Waals surface area (Å²) in [4.78, 5) is 26.4. The van der Waals surface area contributed by atoms with Crippen molar-refractivity contribution < 1.29 is 24.2 Å². The van der Waals surface area contributed by atoms with Gasteiger partial charge in [0.2, 0.25) is 0 Å². The van der Waals surface area contributed by atoms with Gasteiger partial charge in [-0.05, 0) is 50.0 Å². The van der Waals surface area contributed by atoms with Crippen LogP contribution < -0.4 is 9.47 Å². The molecule has 0 saturated carbocycles. The third kappa shape index (κ3) is 8.01. The van der Waals surface area contributed by atoms with Gasteiger partial charge in [0.15, 0.2) is 11.5 Å². The first kappa shape index (κ1) is 28.2. The molecule has 1 saturated heterocycles. The van der Waals surface area contributed by atoms with Crippen molar-refractivity contribution in [3.63, 3.8) is 0 Å². The lowest BCUT2D eigenvalue weighted by Gasteiger charge is -2.22. The van der Waals surface area contributed by atoms with Gasteiger partial charge in [-0.3, -0.25) is 9.69 Å². The molecule has 1 fully saturated rings. The Hall–Kier alpha value is -2.06. The molecule has 2 atom stereocenters. The number of methoxy groups -OCH3 is 1. The van der Waals surface area contributed by atoms with Gasteiger partial charge in [0.1, 0.15) is 10.4 Å². The van der Waals surface area contributed by atoms with Gasteiger partial charge in [-0.1, -0.05) is 82.4 Å². The molecule has 0 unspecified atom stereocenters. The number of carboxylic acid groups (broad SMARTS) is 1. The average Bonchev–Trinajstić information content (AvgIpc) is 3.07. The number of nitrogens with zero attached hydrogens (tertiary/aromatic N) is 1. The number of benzene rings is 1. The largest absolute Gasteiger partial charge is 0.493 e. The molecule has 0 aliphatic carbocycles. The number of carboxylic acids is 1. The molecule has 8 heteroatoms. The third-order valence-corrected chi connectivity index (χ3v) is 7.11. The van der Waals surface area contributed by atoms with Gasteiger partial charge in [-0.2, -0.15) is 0 Å². The number of ether oxygens (including phenoxy) is 2. The molecule has 0 bridgehead atoms. The fourth-order valence-corrected chi connectivity index (χ4v) is 5.20. The number of rotatable bonds is 15. The molecule has 1 aromatic carbocycles. The minimum atomic E-state index is -1.03. The number of unbranched alkanes of at least 4 members (excludes halogenated alkanes) is 5. The van der Waals surface area contributed by atoms with E-state index in [2.05, 4.69) is 13.8 Å². The van der Waals surface area contributed by atoms with E-state index in [0.29, 0.717) is 29.2 Å². The van der Waals surface area contributed by atoms with Gasteiger partial charge < -0.3 is 14.6 Å². The lowest BCUT2D eigenvalue weighted by Crippen LogP contribution is -2.43. The van der Waals surface area contributed by atoms with Crippen LogP contribution in [0.4, 0.5) is 0 Å². The summed E-state index contributed by atoms with van der Waals surface area (Å²) in [7, 11) is 1.59. The van der Waals surface area contributed by atoms with Crippen molar-refractivity contribution in [1.82, 2.24) is 4.90 Å². The quantitative estimate of drug-likeness (QED) is 0.161. The van der Waals surface area contributed by atoms with Gasteiger partial charge >= 0.3 is 5.97 Å². The van der Waals surface area contributed by atoms with Crippen molar-refractivity contribution in [1.29, 1.82) is 0 Å². The minimum absolute atomic E-state index is 0.0775. The van der Waals surface area contributed by atoms with Crippen LogP contribution in [0.1, 0.15) is 84.1 Å². The summed E-state index contributed by atoms with van der Waals surface area (Å²) in [6.45, 7) is 6.26. The summed E-state index contributed by atoms with van der Waals surface area (Å²) >= 11 is 6.48. The molecule has 1 heterocycles. The van der Waals surface area contributed by atoms with Crippen LogP contribution in [0, 0.1) is 0 Å². The number of aliphatic carboxylic acids is 1. The van der Waals surface area contributed by atoms with Crippen molar-refractivity contribution in [2.75, 3.05) is 7.11 Å². The van der Waals surface area contributed by atoms with Crippen LogP contribution in [-0.4, -0.2) is 45.5 Å². The first-order valence-corrected chi connectivity index (χ1v) is 13.4. The zero-order valence-corrected chi connectivity index (χ0v) is 22.3. The van der Waals surface area contributed by atoms with Crippen molar-refractivity contribution in [2.45, 2.75) is 90.7 Å². The van der Waals surface area contributed by atoms with Crippen molar-refractivity contribution in [3.05, 3.63) is 28.7 Å². The van der Waals surface area contributed by atoms with Crippen molar-refractivity contribution in [2.24, 2.45) is 0 Å². The molecule has 1 aliphatic heterocycles. The summed E-state index contributed by atoms with van der Waals surface area (Å²) in [6, 6.07) is 4.60. The molecule has 188 valence electrons. The summed E-state index contributed by atoms with van der Waals surface area (Å²) in [5, 5.41) is 9.62. The number of amides is 1. The molecule has 1 amide bonds. The molecule has 0 radical (unpaired) electrons. The summed E-state index contributed by atoms with van der Waals surface area (Å²) in [5.41, 5.74) is 0.761. The first-order valence-electron chi connectivity index (χ1n) is 12.2. The third-order valence-electron chi connectivity index (χ3n) is 5.78. The fraction of sp³-hybridized carbons (Fsp3) is 0.577. The molecule has 2 rings (SSSR count). The van der Waals surface area contributed by atoms with E-state index < -0.39 is 12.0 Å². The second-order valence-corrected chi connectivity index (χ2v) is 10.3. The number of hydrogen-bond donors (Lipinski definition) is 1. The Bertz CT molecular complexity index is 886. The Balaban J connectivity index is 2.10. The van der Waals surface area contributed by atoms with Gasteiger partial charge in [0, 0.05) is 0 Å². The van der Waals surface area contributed by atoms with Crippen LogP contribution in [0.25, 0.3) is 6.08 Å². The number of hydrogen-bond acceptors (Lipinski definition) is 6. The predicted octanol–water partition coefficient (Wildman–Crippen LogP) is 6.67. The van der Waals surface area contributed by atoms with Crippen LogP contribution >= 0.6 is 24.0 Å². The van der Waals surface area contributed by atoms with E-state index in [-0.39, 0.29) is 16.3 Å². The second kappa shape index (κ2) is 14.4. The minimum Gasteiger partial charge on any atom is -0.493 e. The summed E-state index contributed by atoms with van der Waals surface area (Å²) in [5.74, 6) is -0.143. The molecule has 6 nitrogen and oxygen atoms in total. The summed E-state index contributed by atoms with van der Waals surface area (Å²) in [6.07, 6.45) is 10.9. The van der Waals surface area contributed by atoms with Crippen LogP contribution in [0.15, 0.2) is 23.1 Å². The zero-order chi connectivity index (χ0) is 25.1. The molecule has 0 spiro atoms. The Morgan fingerprint density at radius 2 is 1.82 bits per heavy atom. The van der Waals surface area contributed by atoms with E-state index in [9.17, 15) is 14.7 Å². The normalized spacial score (nSPS) is 16.7. The number of carbonyl (C=O) groups is 2. The number of thiocarbonyl (C=S) groups is 1. The van der Waals surface area contributed by atoms with E-state index in [1.54, 1.807) is 13.2 Å². The molecule has 0 aromatic heterocycles. The Kier molecular flexibility index (Phi) is 11.9. The highest BCUT2D eigenvalue weighted by Crippen LogP contribution is 2.37. The Morgan fingerprint density at radius 1 is 1.12 bits per heavy atom. The van der Waals surface area contributed by atoms with Crippen molar-refractivity contribution in [3.8, 4) is 11.5 Å². The molecule has 34 heavy (non-hydrogen) atoms. The van der Waals surface area contributed by atoms with Gasteiger partial charge in [-0.15, -0.1) is 0 Å². The highest BCUT2D eigenvalue weighted by atomic mass is 32.2. The predicted molar refractivity (Wildman–Crippen MR) is 142 cm³/mol. The van der Waals surface area contributed by atoms with Crippen LogP contribution in [0.3, 0.4) is 0 Å². The van der Waals surface area contributed by atoms with E-state index in [1.807, 2.05) is 25.1 Å². The smallest absolute Gasteiger partial charge is 0.326 e. The fourth-order valence-electron chi connectivity index (χ4n) is 3.84. The standard InChI is InChI=1S/C26H37NO5S2/c1-5-7-9-10-11-12-18(3)32-21-15-14-19(16-22(21)31-4)17-23-24(28)27(26(33)34-23)20(25(29)30)13-8-6-2/h14-18,20H,5-13H2,1-4H3,(H,29,30)/b23-17+/t18-,20+/m0/s1. The van der Waals surface area contributed by atoms with Gasteiger partial charge in [0.25, 0.3) is 5.91 Å².